The van der Waals surface area contributed by atoms with E-state index in [4.69, 9.17) is 9.66 Å². The van der Waals surface area contributed by atoms with E-state index in [2.05, 4.69) is 5.32 Å². The molecule has 0 fully saturated rings. The standard InChI is InChI=1S/C5H13NO4S/c1-5(11(8,9)10)2-3-6-4-7/h5-7H,2-4H2,1H3,(H,8,9,10). The minimum Gasteiger partial charge on any atom is -0.381 e. The highest BCUT2D eigenvalue weighted by atomic mass is 32.2. The predicted molar refractivity (Wildman–Crippen MR) is 40.7 cm³/mol. The van der Waals surface area contributed by atoms with Gasteiger partial charge in [-0.15, -0.1) is 0 Å². The minimum atomic E-state index is -3.90. The third-order valence-electron chi connectivity index (χ3n) is 1.35. The van der Waals surface area contributed by atoms with Gasteiger partial charge in [0.2, 0.25) is 0 Å². The lowest BCUT2D eigenvalue weighted by Gasteiger charge is -2.06. The molecule has 1 unspecified atom stereocenters. The summed E-state index contributed by atoms with van der Waals surface area (Å²) < 4.78 is 29.2. The van der Waals surface area contributed by atoms with Gasteiger partial charge in [0.25, 0.3) is 10.1 Å². The Labute approximate surface area is 66.2 Å². The van der Waals surface area contributed by atoms with Crippen molar-refractivity contribution in [2.24, 2.45) is 0 Å². The highest BCUT2D eigenvalue weighted by Crippen LogP contribution is 2.00. The predicted octanol–water partition coefficient (Wildman–Crippen LogP) is -0.808. The Morgan fingerprint density at radius 2 is 2.09 bits per heavy atom. The summed E-state index contributed by atoms with van der Waals surface area (Å²) in [5.74, 6) is 0. The van der Waals surface area contributed by atoms with Crippen molar-refractivity contribution >= 4 is 10.1 Å². The Bertz CT molecular complexity index is 189. The highest BCUT2D eigenvalue weighted by molar-refractivity contribution is 7.86. The largest absolute Gasteiger partial charge is 0.381 e. The Balaban J connectivity index is 3.62. The van der Waals surface area contributed by atoms with Crippen LogP contribution >= 0.6 is 0 Å². The van der Waals surface area contributed by atoms with Crippen molar-refractivity contribution in [2.45, 2.75) is 18.6 Å². The zero-order valence-electron chi connectivity index (χ0n) is 6.32. The first-order chi connectivity index (χ1) is 4.98. The zero-order valence-corrected chi connectivity index (χ0v) is 7.13. The molecule has 0 aromatic rings. The lowest BCUT2D eigenvalue weighted by molar-refractivity contribution is 0.260. The van der Waals surface area contributed by atoms with E-state index < -0.39 is 15.4 Å². The van der Waals surface area contributed by atoms with E-state index in [9.17, 15) is 8.42 Å². The third-order valence-corrected chi connectivity index (χ3v) is 2.60. The van der Waals surface area contributed by atoms with Crippen LogP contribution in [0.2, 0.25) is 0 Å². The van der Waals surface area contributed by atoms with Crippen LogP contribution < -0.4 is 5.32 Å². The molecule has 0 aliphatic carbocycles. The second kappa shape index (κ2) is 4.66. The first kappa shape index (κ1) is 10.8. The zero-order chi connectivity index (χ0) is 8.91. The van der Waals surface area contributed by atoms with Crippen LogP contribution in [0.15, 0.2) is 0 Å². The fourth-order valence-corrected chi connectivity index (χ4v) is 0.949. The number of aliphatic hydroxyl groups excluding tert-OH is 1. The smallest absolute Gasteiger partial charge is 0.267 e. The van der Waals surface area contributed by atoms with Gasteiger partial charge in [-0.1, -0.05) is 0 Å². The van der Waals surface area contributed by atoms with E-state index in [1.54, 1.807) is 0 Å². The van der Waals surface area contributed by atoms with Crippen LogP contribution in [-0.2, 0) is 10.1 Å². The number of nitrogens with one attached hydrogen (secondary N) is 1. The molecule has 0 amide bonds. The first-order valence-corrected chi connectivity index (χ1v) is 4.76. The molecule has 0 rings (SSSR count). The molecular formula is C5H13NO4S. The van der Waals surface area contributed by atoms with Crippen LogP contribution in [0.4, 0.5) is 0 Å². The van der Waals surface area contributed by atoms with Gasteiger partial charge in [-0.2, -0.15) is 8.42 Å². The second-order valence-corrected chi connectivity index (χ2v) is 4.11. The van der Waals surface area contributed by atoms with Crippen molar-refractivity contribution in [3.05, 3.63) is 0 Å². The molecule has 0 aliphatic rings. The van der Waals surface area contributed by atoms with Gasteiger partial charge < -0.3 is 5.11 Å². The van der Waals surface area contributed by atoms with Crippen LogP contribution in [0.3, 0.4) is 0 Å². The summed E-state index contributed by atoms with van der Waals surface area (Å²) in [7, 11) is -3.90. The van der Waals surface area contributed by atoms with Crippen LogP contribution in [0.5, 0.6) is 0 Å². The van der Waals surface area contributed by atoms with E-state index in [1.165, 1.54) is 6.92 Å². The summed E-state index contributed by atoms with van der Waals surface area (Å²) in [6.45, 7) is 1.60. The normalized spacial score (nSPS) is 14.8. The molecule has 0 aromatic heterocycles. The minimum absolute atomic E-state index is 0.182. The van der Waals surface area contributed by atoms with Gasteiger partial charge in [0, 0.05) is 0 Å². The van der Waals surface area contributed by atoms with Gasteiger partial charge in [-0.05, 0) is 19.9 Å². The molecule has 3 N–H and O–H groups in total. The maximum atomic E-state index is 10.4. The first-order valence-electron chi connectivity index (χ1n) is 3.26. The van der Waals surface area contributed by atoms with Crippen LogP contribution in [-0.4, -0.2) is 36.6 Å². The fraction of sp³-hybridized carbons (Fsp3) is 1.00. The van der Waals surface area contributed by atoms with Gasteiger partial charge in [-0.3, -0.25) is 9.87 Å². The number of hydrogen-bond donors (Lipinski definition) is 3. The van der Waals surface area contributed by atoms with Crippen LogP contribution in [0.1, 0.15) is 13.3 Å². The van der Waals surface area contributed by atoms with Gasteiger partial charge in [0.05, 0.1) is 12.0 Å². The van der Waals surface area contributed by atoms with Crippen molar-refractivity contribution in [1.29, 1.82) is 0 Å². The average molecular weight is 183 g/mol. The highest BCUT2D eigenvalue weighted by Gasteiger charge is 2.15. The lowest BCUT2D eigenvalue weighted by atomic mass is 10.3. The van der Waals surface area contributed by atoms with E-state index in [0.29, 0.717) is 13.0 Å². The van der Waals surface area contributed by atoms with Crippen molar-refractivity contribution < 1.29 is 18.1 Å². The van der Waals surface area contributed by atoms with Gasteiger partial charge in [0.1, 0.15) is 0 Å². The van der Waals surface area contributed by atoms with Crippen molar-refractivity contribution in [1.82, 2.24) is 5.32 Å². The Morgan fingerprint density at radius 3 is 2.45 bits per heavy atom. The molecule has 0 aromatic carbocycles. The van der Waals surface area contributed by atoms with Crippen molar-refractivity contribution in [3.63, 3.8) is 0 Å². The SMILES string of the molecule is CC(CCNCO)S(=O)(=O)O. The topological polar surface area (TPSA) is 86.6 Å². The molecular weight excluding hydrogens is 170 g/mol. The monoisotopic (exact) mass is 183 g/mol. The molecule has 0 radical (unpaired) electrons. The maximum absolute atomic E-state index is 10.4. The van der Waals surface area contributed by atoms with Gasteiger partial charge in [-0.25, -0.2) is 0 Å². The van der Waals surface area contributed by atoms with Gasteiger partial charge in [0.15, 0.2) is 0 Å². The van der Waals surface area contributed by atoms with E-state index in [1.807, 2.05) is 0 Å². The molecule has 0 saturated carbocycles. The molecule has 0 heterocycles. The Morgan fingerprint density at radius 1 is 1.55 bits per heavy atom. The van der Waals surface area contributed by atoms with Crippen molar-refractivity contribution in [2.75, 3.05) is 13.3 Å². The summed E-state index contributed by atoms with van der Waals surface area (Å²) in [5, 5.41) is 10.0. The number of aliphatic hydroxyl groups is 1. The quantitative estimate of drug-likeness (QED) is 0.295. The van der Waals surface area contributed by atoms with Gasteiger partial charge >= 0.3 is 0 Å². The fourth-order valence-electron chi connectivity index (χ4n) is 0.533. The molecule has 1 atom stereocenters. The summed E-state index contributed by atoms with van der Waals surface area (Å²) in [6.07, 6.45) is 0.291. The third kappa shape index (κ3) is 5.14. The Hall–Kier alpha value is -0.170. The molecule has 0 bridgehead atoms. The number of hydrogen-bond acceptors (Lipinski definition) is 4. The average Bonchev–Trinajstić information content (AvgIpc) is 1.86. The van der Waals surface area contributed by atoms with Crippen LogP contribution in [0, 0.1) is 0 Å². The number of rotatable bonds is 5. The summed E-state index contributed by atoms with van der Waals surface area (Å²) in [6, 6.07) is 0. The summed E-state index contributed by atoms with van der Waals surface area (Å²) >= 11 is 0. The molecule has 11 heavy (non-hydrogen) atoms. The van der Waals surface area contributed by atoms with Crippen molar-refractivity contribution in [3.8, 4) is 0 Å². The van der Waals surface area contributed by atoms with Crippen LogP contribution in [0.25, 0.3) is 0 Å². The lowest BCUT2D eigenvalue weighted by Crippen LogP contribution is -2.24. The molecule has 0 spiro atoms. The Kier molecular flexibility index (Phi) is 4.58. The molecule has 0 saturated heterocycles. The molecule has 5 nitrogen and oxygen atoms in total. The van der Waals surface area contributed by atoms with E-state index in [-0.39, 0.29) is 6.73 Å². The molecule has 6 heteroatoms. The summed E-state index contributed by atoms with van der Waals surface area (Å²) in [4.78, 5) is 0. The second-order valence-electron chi connectivity index (χ2n) is 2.27. The van der Waals surface area contributed by atoms with E-state index >= 15 is 0 Å². The molecule has 0 aliphatic heterocycles. The maximum Gasteiger partial charge on any atom is 0.267 e. The van der Waals surface area contributed by atoms with E-state index in [0.717, 1.165) is 0 Å². The molecule has 68 valence electrons. The summed E-state index contributed by atoms with van der Waals surface area (Å²) in [5.41, 5.74) is 0.